The number of ether oxygens (including phenoxy) is 1. The van der Waals surface area contributed by atoms with Crippen LogP contribution in [0.5, 0.6) is 0 Å². The van der Waals surface area contributed by atoms with E-state index in [2.05, 4.69) is 33.0 Å². The van der Waals surface area contributed by atoms with E-state index in [1.807, 2.05) is 20.8 Å². The van der Waals surface area contributed by atoms with Gasteiger partial charge in [-0.1, -0.05) is 27.7 Å². The van der Waals surface area contributed by atoms with E-state index in [1.54, 1.807) is 4.90 Å². The van der Waals surface area contributed by atoms with Crippen LogP contribution < -0.4 is 5.32 Å². The average molecular weight is 286 g/mol. The summed E-state index contributed by atoms with van der Waals surface area (Å²) in [7, 11) is 0. The summed E-state index contributed by atoms with van der Waals surface area (Å²) in [4.78, 5) is 13.8. The smallest absolute Gasteiger partial charge is 0.410 e. The molecule has 0 radical (unpaired) electrons. The van der Waals surface area contributed by atoms with Crippen molar-refractivity contribution in [1.82, 2.24) is 10.2 Å². The molecule has 0 saturated heterocycles. The summed E-state index contributed by atoms with van der Waals surface area (Å²) in [5.74, 6) is 0. The minimum atomic E-state index is -0.428. The maximum atomic E-state index is 12.0. The van der Waals surface area contributed by atoms with Gasteiger partial charge in [-0.25, -0.2) is 4.79 Å². The zero-order chi connectivity index (χ0) is 15.8. The Morgan fingerprint density at radius 1 is 1.05 bits per heavy atom. The lowest BCUT2D eigenvalue weighted by molar-refractivity contribution is 0.0251. The molecule has 0 aromatic heterocycles. The van der Waals surface area contributed by atoms with E-state index in [4.69, 9.17) is 4.74 Å². The van der Waals surface area contributed by atoms with E-state index in [0.29, 0.717) is 12.0 Å². The van der Waals surface area contributed by atoms with Crippen LogP contribution in [-0.2, 0) is 4.74 Å². The quantitative estimate of drug-likeness (QED) is 0.726. The summed E-state index contributed by atoms with van der Waals surface area (Å²) in [5, 5.41) is 3.40. The summed E-state index contributed by atoms with van der Waals surface area (Å²) < 4.78 is 5.42. The SMILES string of the molecule is CCCN(CCNCCC(C)(C)C)C(=O)OC(C)(C)C. The molecule has 120 valence electrons. The van der Waals surface area contributed by atoms with Gasteiger partial charge in [0.1, 0.15) is 5.60 Å². The summed E-state index contributed by atoms with van der Waals surface area (Å²) >= 11 is 0. The van der Waals surface area contributed by atoms with Crippen molar-refractivity contribution in [3.8, 4) is 0 Å². The first-order chi connectivity index (χ1) is 9.05. The summed E-state index contributed by atoms with van der Waals surface area (Å²) in [5.41, 5.74) is -0.0794. The van der Waals surface area contributed by atoms with Gasteiger partial charge >= 0.3 is 6.09 Å². The monoisotopic (exact) mass is 286 g/mol. The average Bonchev–Trinajstić information content (AvgIpc) is 2.23. The third-order valence-corrected chi connectivity index (χ3v) is 2.76. The highest BCUT2D eigenvalue weighted by molar-refractivity contribution is 5.68. The minimum absolute atomic E-state index is 0.211. The van der Waals surface area contributed by atoms with Crippen molar-refractivity contribution < 1.29 is 9.53 Å². The standard InChI is InChI=1S/C16H34N2O2/c1-8-12-18(14(19)20-16(5,6)7)13-11-17-10-9-15(2,3)4/h17H,8-13H2,1-7H3. The van der Waals surface area contributed by atoms with Crippen LogP contribution in [0.4, 0.5) is 4.79 Å². The summed E-state index contributed by atoms with van der Waals surface area (Å²) in [6.45, 7) is 17.7. The molecule has 0 spiro atoms. The number of carbonyl (C=O) groups is 1. The highest BCUT2D eigenvalue weighted by Gasteiger charge is 2.21. The van der Waals surface area contributed by atoms with Crippen molar-refractivity contribution in [2.45, 2.75) is 66.9 Å². The molecule has 20 heavy (non-hydrogen) atoms. The molecule has 0 aromatic rings. The molecule has 0 aliphatic rings. The molecule has 0 unspecified atom stereocenters. The molecule has 0 fully saturated rings. The van der Waals surface area contributed by atoms with Gasteiger partial charge in [0.25, 0.3) is 0 Å². The number of nitrogens with zero attached hydrogens (tertiary/aromatic N) is 1. The fraction of sp³-hybridized carbons (Fsp3) is 0.938. The maximum absolute atomic E-state index is 12.0. The normalized spacial score (nSPS) is 12.3. The second-order valence-electron chi connectivity index (χ2n) is 7.53. The van der Waals surface area contributed by atoms with Crippen LogP contribution in [0.3, 0.4) is 0 Å². The zero-order valence-corrected chi connectivity index (χ0v) is 14.5. The van der Waals surface area contributed by atoms with E-state index in [9.17, 15) is 4.79 Å². The predicted octanol–water partition coefficient (Wildman–Crippen LogP) is 3.66. The predicted molar refractivity (Wildman–Crippen MR) is 85.0 cm³/mol. The number of rotatable bonds is 7. The highest BCUT2D eigenvalue weighted by atomic mass is 16.6. The molecule has 0 rings (SSSR count). The maximum Gasteiger partial charge on any atom is 0.410 e. The largest absolute Gasteiger partial charge is 0.444 e. The second-order valence-corrected chi connectivity index (χ2v) is 7.53. The van der Waals surface area contributed by atoms with Crippen molar-refractivity contribution in [3.05, 3.63) is 0 Å². The minimum Gasteiger partial charge on any atom is -0.444 e. The van der Waals surface area contributed by atoms with Gasteiger partial charge in [0.05, 0.1) is 0 Å². The molecule has 0 atom stereocenters. The molecule has 0 bridgehead atoms. The Hall–Kier alpha value is -0.770. The number of carbonyl (C=O) groups excluding carboxylic acids is 1. The number of amides is 1. The number of nitrogens with one attached hydrogen (secondary N) is 1. The van der Waals surface area contributed by atoms with Gasteiger partial charge in [0, 0.05) is 19.6 Å². The first-order valence-electron chi connectivity index (χ1n) is 7.74. The van der Waals surface area contributed by atoms with Gasteiger partial charge < -0.3 is 15.0 Å². The first kappa shape index (κ1) is 19.2. The topological polar surface area (TPSA) is 41.6 Å². The Morgan fingerprint density at radius 3 is 2.10 bits per heavy atom. The van der Waals surface area contributed by atoms with E-state index >= 15 is 0 Å². The zero-order valence-electron chi connectivity index (χ0n) is 14.5. The van der Waals surface area contributed by atoms with Crippen molar-refractivity contribution in [1.29, 1.82) is 0 Å². The third kappa shape index (κ3) is 11.1. The Bertz CT molecular complexity index is 277. The van der Waals surface area contributed by atoms with Gasteiger partial charge in [-0.05, 0) is 45.6 Å². The van der Waals surface area contributed by atoms with Crippen LogP contribution in [0.1, 0.15) is 61.3 Å². The molecule has 0 heterocycles. The Labute approximate surface area is 125 Å². The van der Waals surface area contributed by atoms with Gasteiger partial charge in [0.15, 0.2) is 0 Å². The van der Waals surface area contributed by atoms with Gasteiger partial charge in [0.2, 0.25) is 0 Å². The molecule has 0 aliphatic heterocycles. The highest BCUT2D eigenvalue weighted by Crippen LogP contribution is 2.16. The number of hydrogen-bond acceptors (Lipinski definition) is 3. The molecular weight excluding hydrogens is 252 g/mol. The van der Waals surface area contributed by atoms with Crippen LogP contribution in [-0.4, -0.2) is 42.8 Å². The lowest BCUT2D eigenvalue weighted by Gasteiger charge is -2.27. The molecule has 4 nitrogen and oxygen atoms in total. The molecular formula is C16H34N2O2. The van der Waals surface area contributed by atoms with E-state index in [-0.39, 0.29) is 6.09 Å². The molecule has 0 aliphatic carbocycles. The van der Waals surface area contributed by atoms with E-state index in [1.165, 1.54) is 0 Å². The lowest BCUT2D eigenvalue weighted by Crippen LogP contribution is -2.41. The number of hydrogen-bond donors (Lipinski definition) is 1. The third-order valence-electron chi connectivity index (χ3n) is 2.76. The Morgan fingerprint density at radius 2 is 1.65 bits per heavy atom. The molecule has 4 heteroatoms. The second kappa shape index (κ2) is 8.50. The van der Waals surface area contributed by atoms with Crippen molar-refractivity contribution in [2.75, 3.05) is 26.2 Å². The first-order valence-corrected chi connectivity index (χ1v) is 7.74. The van der Waals surface area contributed by atoms with Gasteiger partial charge in [-0.15, -0.1) is 0 Å². The lowest BCUT2D eigenvalue weighted by atomic mass is 9.92. The molecule has 1 N–H and O–H groups in total. The van der Waals surface area contributed by atoms with Crippen LogP contribution >= 0.6 is 0 Å². The summed E-state index contributed by atoms with van der Waals surface area (Å²) in [6.07, 6.45) is 1.87. The Balaban J connectivity index is 4.06. The fourth-order valence-corrected chi connectivity index (χ4v) is 1.69. The molecule has 0 aromatic carbocycles. The van der Waals surface area contributed by atoms with Crippen LogP contribution in [0, 0.1) is 5.41 Å². The van der Waals surface area contributed by atoms with Crippen molar-refractivity contribution in [2.24, 2.45) is 5.41 Å². The van der Waals surface area contributed by atoms with E-state index < -0.39 is 5.60 Å². The van der Waals surface area contributed by atoms with Crippen LogP contribution in [0.25, 0.3) is 0 Å². The van der Waals surface area contributed by atoms with E-state index in [0.717, 1.165) is 32.5 Å². The molecule has 1 amide bonds. The summed E-state index contributed by atoms with van der Waals surface area (Å²) in [6, 6.07) is 0. The van der Waals surface area contributed by atoms with Gasteiger partial charge in [-0.2, -0.15) is 0 Å². The van der Waals surface area contributed by atoms with Gasteiger partial charge in [-0.3, -0.25) is 0 Å². The molecule has 0 saturated carbocycles. The Kier molecular flexibility index (Phi) is 8.17. The van der Waals surface area contributed by atoms with Crippen molar-refractivity contribution >= 4 is 6.09 Å². The fourth-order valence-electron chi connectivity index (χ4n) is 1.69. The van der Waals surface area contributed by atoms with Crippen LogP contribution in [0.2, 0.25) is 0 Å². The van der Waals surface area contributed by atoms with Crippen LogP contribution in [0.15, 0.2) is 0 Å². The van der Waals surface area contributed by atoms with Crippen molar-refractivity contribution in [3.63, 3.8) is 0 Å².